The molecule has 1 saturated heterocycles. The van der Waals surface area contributed by atoms with Crippen LogP contribution in [0.5, 0.6) is 0 Å². The number of hydrogen-bond donors (Lipinski definition) is 3. The van der Waals surface area contributed by atoms with Crippen molar-refractivity contribution in [1.82, 2.24) is 30.2 Å². The van der Waals surface area contributed by atoms with E-state index in [1.54, 1.807) is 48.0 Å². The van der Waals surface area contributed by atoms with Crippen LogP contribution in [0, 0.1) is 23.7 Å². The van der Waals surface area contributed by atoms with E-state index in [2.05, 4.69) is 42.5 Å². The third-order valence-electron chi connectivity index (χ3n) is 13.4. The Labute approximate surface area is 435 Å². The van der Waals surface area contributed by atoms with E-state index in [-0.39, 0.29) is 96.7 Å². The van der Waals surface area contributed by atoms with Crippen LogP contribution in [0.1, 0.15) is 86.1 Å². The molecule has 0 radical (unpaired) electrons. The molecule has 0 spiro atoms. The lowest BCUT2D eigenvalue weighted by Crippen LogP contribution is -2.60. The first-order chi connectivity index (χ1) is 33.5. The van der Waals surface area contributed by atoms with Crippen LogP contribution in [-0.4, -0.2) is 182 Å². The Morgan fingerprint density at radius 1 is 0.817 bits per heavy atom. The second-order valence-electron chi connectivity index (χ2n) is 19.0. The molecule has 21 heteroatoms. The van der Waals surface area contributed by atoms with Crippen molar-refractivity contribution in [2.75, 3.05) is 67.8 Å². The third-order valence-corrected chi connectivity index (χ3v) is 15.5. The van der Waals surface area contributed by atoms with Crippen LogP contribution >= 0.6 is 31.9 Å². The molecule has 0 saturated carbocycles. The largest absolute Gasteiger partial charge is 0.480 e. The van der Waals surface area contributed by atoms with Gasteiger partial charge in [-0.25, -0.2) is 4.79 Å². The first-order valence-corrected chi connectivity index (χ1v) is 25.9. The number of aliphatic carboxylic acids is 1. The highest BCUT2D eigenvalue weighted by atomic mass is 79.9. The second-order valence-corrected chi connectivity index (χ2v) is 20.6. The Morgan fingerprint density at radius 2 is 1.42 bits per heavy atom. The Balaban J connectivity index is 1.64. The van der Waals surface area contributed by atoms with Gasteiger partial charge in [-0.1, -0.05) is 85.2 Å². The van der Waals surface area contributed by atoms with Crippen LogP contribution in [-0.2, 0) is 63.7 Å². The van der Waals surface area contributed by atoms with Gasteiger partial charge in [0.2, 0.25) is 29.5 Å². The molecule has 0 aromatic heterocycles. The van der Waals surface area contributed by atoms with Gasteiger partial charge in [-0.3, -0.25) is 38.5 Å². The first-order valence-electron chi connectivity index (χ1n) is 24.4. The molecule has 0 aliphatic carbocycles. The molecule has 1 aromatic carbocycles. The number of likely N-dealkylation sites (tertiary alicyclic amines) is 1. The molecule has 398 valence electrons. The van der Waals surface area contributed by atoms with Crippen molar-refractivity contribution < 1.29 is 62.4 Å². The number of nitrogens with one attached hydrogen (secondary N) is 2. The number of likely N-dealkylation sites (N-methyl/N-ethyl adjacent to an activating group) is 2. The zero-order valence-electron chi connectivity index (χ0n) is 43.1. The molecule has 7 amide bonds. The van der Waals surface area contributed by atoms with Crippen LogP contribution in [0.2, 0.25) is 0 Å². The lowest BCUT2D eigenvalue weighted by atomic mass is 9.89. The molecule has 3 N–H and O–H groups in total. The average molecular weight is 1130 g/mol. The summed E-state index contributed by atoms with van der Waals surface area (Å²) >= 11 is 6.17. The summed E-state index contributed by atoms with van der Waals surface area (Å²) < 4.78 is 23.3. The highest BCUT2D eigenvalue weighted by molar-refractivity contribution is 9.14. The summed E-state index contributed by atoms with van der Waals surface area (Å²) in [7, 11) is 6.15. The van der Waals surface area contributed by atoms with E-state index in [4.69, 9.17) is 18.9 Å². The van der Waals surface area contributed by atoms with Crippen molar-refractivity contribution in [2.24, 2.45) is 23.7 Å². The van der Waals surface area contributed by atoms with E-state index in [0.29, 0.717) is 25.8 Å². The minimum absolute atomic E-state index is 0.0262. The van der Waals surface area contributed by atoms with Gasteiger partial charge in [0, 0.05) is 41.3 Å². The summed E-state index contributed by atoms with van der Waals surface area (Å²) in [6.07, 6.45) is 0.325. The average Bonchev–Trinajstić information content (AvgIpc) is 3.89. The van der Waals surface area contributed by atoms with Crippen molar-refractivity contribution in [3.8, 4) is 0 Å². The molecule has 1 aromatic rings. The molecule has 1 fully saturated rings. The fourth-order valence-electron chi connectivity index (χ4n) is 9.25. The van der Waals surface area contributed by atoms with E-state index >= 15 is 0 Å². The molecule has 2 aliphatic rings. The number of carbonyl (C=O) groups excluding carboxylic acids is 7. The maximum Gasteiger partial charge on any atom is 0.326 e. The van der Waals surface area contributed by atoms with E-state index in [9.17, 15) is 43.5 Å². The minimum Gasteiger partial charge on any atom is -0.480 e. The number of benzene rings is 1. The number of carbonyl (C=O) groups is 8. The van der Waals surface area contributed by atoms with Crippen LogP contribution in [0.25, 0.3) is 0 Å². The standard InChI is InChI=1S/C50H76Br2N6O13/c1-12-31(6)43(36(68-10)28-38(60)57-21-16-19-35(57)44(69-11)32(7)45(61)53-34(50(66)67)27-33-17-14-13-15-18-33)56(9)49(65)41(29(2)3)54-46(62)42(30(4)5)55(8)37(59)20-23-70-25-26-71-24-22-58-47(63)39(51)40(52)48(58)64/h13-15,17-18,29-32,34-36,41-44H,12,16,19-28H2,1-11H3,(H,53,61)(H,54,62)(H,66,67)/t31-,32+,34-,35-,36+,41-,42-,43-,44+/m0/s1. The lowest BCUT2D eigenvalue weighted by molar-refractivity contribution is -0.149. The maximum atomic E-state index is 14.6. The number of carboxylic acid groups (broad SMARTS) is 1. The number of methoxy groups -OCH3 is 2. The van der Waals surface area contributed by atoms with E-state index < -0.39 is 77.9 Å². The number of halogens is 2. The van der Waals surface area contributed by atoms with Gasteiger partial charge in [0.05, 0.1) is 76.0 Å². The highest BCUT2D eigenvalue weighted by Crippen LogP contribution is 2.31. The summed E-state index contributed by atoms with van der Waals surface area (Å²) in [5.74, 6) is -5.71. The summed E-state index contributed by atoms with van der Waals surface area (Å²) in [6.45, 7) is 13.8. The Kier molecular flexibility index (Phi) is 25.3. The van der Waals surface area contributed by atoms with Crippen molar-refractivity contribution in [2.45, 2.75) is 129 Å². The summed E-state index contributed by atoms with van der Waals surface area (Å²) in [5.41, 5.74) is 0.758. The van der Waals surface area contributed by atoms with Crippen molar-refractivity contribution in [3.05, 3.63) is 44.9 Å². The van der Waals surface area contributed by atoms with Crippen LogP contribution in [0.15, 0.2) is 39.3 Å². The highest BCUT2D eigenvalue weighted by Gasteiger charge is 2.44. The number of nitrogens with zero attached hydrogens (tertiary/aromatic N) is 4. The van der Waals surface area contributed by atoms with E-state index in [1.165, 1.54) is 26.2 Å². The molecule has 9 atom stereocenters. The number of hydrogen-bond acceptors (Lipinski definition) is 12. The predicted octanol–water partition coefficient (Wildman–Crippen LogP) is 4.14. The zero-order valence-corrected chi connectivity index (χ0v) is 46.3. The van der Waals surface area contributed by atoms with Crippen molar-refractivity contribution >= 4 is 79.2 Å². The van der Waals surface area contributed by atoms with Gasteiger partial charge in [-0.2, -0.15) is 0 Å². The number of rotatable bonds is 30. The molecule has 19 nitrogen and oxygen atoms in total. The molecular formula is C50H76Br2N6O13. The third kappa shape index (κ3) is 16.6. The van der Waals surface area contributed by atoms with Crippen LogP contribution in [0.3, 0.4) is 0 Å². The minimum atomic E-state index is -1.17. The van der Waals surface area contributed by atoms with Gasteiger partial charge in [-0.15, -0.1) is 0 Å². The second kappa shape index (κ2) is 29.4. The normalized spacial score (nSPS) is 18.5. The van der Waals surface area contributed by atoms with Crippen LogP contribution < -0.4 is 10.6 Å². The fourth-order valence-corrected chi connectivity index (χ4v) is 10.0. The summed E-state index contributed by atoms with van der Waals surface area (Å²) in [6, 6.07) is 4.85. The van der Waals surface area contributed by atoms with Gasteiger partial charge in [0.1, 0.15) is 27.1 Å². The molecule has 0 bridgehead atoms. The topological polar surface area (TPSA) is 231 Å². The SMILES string of the molecule is CC[C@H](C)[C@@H]([C@@H](CC(=O)N1CCC[C@H]1[C@H](OC)[C@@H](C)C(=O)N[C@@H](Cc1ccccc1)C(=O)O)OC)N(C)C(=O)[C@@H](NC(=O)[C@H](C(C)C)N(C)C(=O)CCOCCOCCN1C(=O)C(Br)=C(Br)C1=O)C(C)C. The van der Waals surface area contributed by atoms with Gasteiger partial charge in [-0.05, 0) is 68.0 Å². The summed E-state index contributed by atoms with van der Waals surface area (Å²) in [4.78, 5) is 112. The van der Waals surface area contributed by atoms with Gasteiger partial charge in [0.25, 0.3) is 11.8 Å². The van der Waals surface area contributed by atoms with Crippen molar-refractivity contribution in [3.63, 3.8) is 0 Å². The maximum absolute atomic E-state index is 14.6. The van der Waals surface area contributed by atoms with Gasteiger partial charge >= 0.3 is 5.97 Å². The number of carboxylic acids is 1. The quantitative estimate of drug-likeness (QED) is 0.0728. The fraction of sp³-hybridized carbons (Fsp3) is 0.680. The predicted molar refractivity (Wildman–Crippen MR) is 272 cm³/mol. The molecule has 2 heterocycles. The van der Waals surface area contributed by atoms with E-state index in [1.807, 2.05) is 47.6 Å². The summed E-state index contributed by atoms with van der Waals surface area (Å²) in [5, 5.41) is 15.6. The Morgan fingerprint density at radius 3 is 1.96 bits per heavy atom. The van der Waals surface area contributed by atoms with Crippen LogP contribution in [0.4, 0.5) is 0 Å². The number of ether oxygens (including phenoxy) is 4. The first kappa shape index (κ1) is 61.0. The monoisotopic (exact) mass is 1130 g/mol. The molecular weight excluding hydrogens is 1050 g/mol. The van der Waals surface area contributed by atoms with Crippen molar-refractivity contribution in [1.29, 1.82) is 0 Å². The van der Waals surface area contributed by atoms with Gasteiger partial charge < -0.3 is 49.4 Å². The molecule has 0 unspecified atom stereocenters. The Bertz CT molecular complexity index is 2000. The van der Waals surface area contributed by atoms with Gasteiger partial charge in [0.15, 0.2) is 0 Å². The zero-order chi connectivity index (χ0) is 53.3. The lowest BCUT2D eigenvalue weighted by Gasteiger charge is -2.41. The Hall–Kier alpha value is -4.28. The molecule has 2 aliphatic heterocycles. The molecule has 3 rings (SSSR count). The molecule has 71 heavy (non-hydrogen) atoms. The smallest absolute Gasteiger partial charge is 0.326 e. The number of amides is 7. The van der Waals surface area contributed by atoms with E-state index in [0.717, 1.165) is 10.5 Å². The number of imide groups is 1.